The van der Waals surface area contributed by atoms with E-state index in [1.807, 2.05) is 18.2 Å². The van der Waals surface area contributed by atoms with Gasteiger partial charge in [-0.3, -0.25) is 0 Å². The average molecular weight is 201 g/mol. The van der Waals surface area contributed by atoms with Crippen LogP contribution in [0.1, 0.15) is 0 Å². The number of nitrogens with zero attached hydrogens (tertiary/aromatic N) is 3. The molecule has 3 aromatic rings. The molecular formula is C9H5N4S. The van der Waals surface area contributed by atoms with Gasteiger partial charge in [0.2, 0.25) is 0 Å². The van der Waals surface area contributed by atoms with E-state index >= 15 is 0 Å². The molecule has 0 aliphatic heterocycles. The van der Waals surface area contributed by atoms with Crippen LogP contribution in [0.4, 0.5) is 0 Å². The predicted octanol–water partition coefficient (Wildman–Crippen LogP) is 1.88. The van der Waals surface area contributed by atoms with E-state index in [-0.39, 0.29) is 0 Å². The van der Waals surface area contributed by atoms with Crippen molar-refractivity contribution in [3.8, 4) is 10.7 Å². The minimum Gasteiger partial charge on any atom is -0.238 e. The molecule has 0 atom stereocenters. The van der Waals surface area contributed by atoms with Crippen molar-refractivity contribution < 1.29 is 0 Å². The zero-order valence-corrected chi connectivity index (χ0v) is 7.88. The first-order chi connectivity index (χ1) is 6.93. The van der Waals surface area contributed by atoms with E-state index in [1.165, 1.54) is 4.70 Å². The summed E-state index contributed by atoms with van der Waals surface area (Å²) in [5, 5.41) is 14.7. The van der Waals surface area contributed by atoms with Crippen LogP contribution < -0.4 is 0 Å². The Morgan fingerprint density at radius 1 is 1.29 bits per heavy atom. The molecule has 3 rings (SSSR count). The van der Waals surface area contributed by atoms with Crippen LogP contribution in [0.5, 0.6) is 0 Å². The van der Waals surface area contributed by atoms with Gasteiger partial charge in [-0.05, 0) is 16.5 Å². The number of fused-ring (bicyclic) bond motifs is 1. The number of rotatable bonds is 1. The minimum atomic E-state index is 0.672. The molecule has 0 unspecified atom stereocenters. The van der Waals surface area contributed by atoms with Crippen molar-refractivity contribution in [1.29, 1.82) is 0 Å². The number of thiophene rings is 1. The second-order valence-electron chi connectivity index (χ2n) is 2.80. The highest BCUT2D eigenvalue weighted by molar-refractivity contribution is 7.22. The van der Waals surface area contributed by atoms with Gasteiger partial charge in [-0.2, -0.15) is 0 Å². The van der Waals surface area contributed by atoms with E-state index in [1.54, 1.807) is 11.3 Å². The van der Waals surface area contributed by atoms with Gasteiger partial charge in [0.15, 0.2) is 5.82 Å². The summed E-state index contributed by atoms with van der Waals surface area (Å²) in [6.07, 6.45) is 0. The van der Waals surface area contributed by atoms with Crippen molar-refractivity contribution in [2.45, 2.75) is 0 Å². The fourth-order valence-corrected chi connectivity index (χ4v) is 2.22. The molecule has 14 heavy (non-hydrogen) atoms. The minimum absolute atomic E-state index is 0.672. The smallest absolute Gasteiger partial charge is 0.190 e. The maximum Gasteiger partial charge on any atom is 0.190 e. The molecule has 0 fully saturated rings. The Morgan fingerprint density at radius 3 is 3.00 bits per heavy atom. The van der Waals surface area contributed by atoms with E-state index in [4.69, 9.17) is 0 Å². The molecule has 0 aliphatic carbocycles. The Morgan fingerprint density at radius 2 is 2.21 bits per heavy atom. The number of hydrogen-bond acceptors (Lipinski definition) is 4. The van der Waals surface area contributed by atoms with Crippen LogP contribution >= 0.6 is 11.3 Å². The third-order valence-corrected chi connectivity index (χ3v) is 2.98. The summed E-state index contributed by atoms with van der Waals surface area (Å²) in [4.78, 5) is 0.941. The topological polar surface area (TPSA) is 54.5 Å². The van der Waals surface area contributed by atoms with Crippen LogP contribution in [0.25, 0.3) is 20.8 Å². The molecule has 5 heteroatoms. The molecule has 1 N–H and O–H groups in total. The maximum absolute atomic E-state index is 3.84. The van der Waals surface area contributed by atoms with E-state index in [9.17, 15) is 0 Å². The first kappa shape index (κ1) is 7.64. The van der Waals surface area contributed by atoms with Gasteiger partial charge in [0.25, 0.3) is 0 Å². The zero-order chi connectivity index (χ0) is 9.38. The monoisotopic (exact) mass is 201 g/mol. The van der Waals surface area contributed by atoms with Crippen molar-refractivity contribution in [2.75, 3.05) is 0 Å². The highest BCUT2D eigenvalue weighted by Gasteiger charge is 2.06. The Kier molecular flexibility index (Phi) is 1.57. The molecule has 0 saturated carbocycles. The summed E-state index contributed by atoms with van der Waals surface area (Å²) in [5.74, 6) is 0.672. The SMILES string of the molecule is [c]1c(-c2nnn[nH]2)sc2ccccc12. The number of hydrogen-bond donors (Lipinski definition) is 1. The van der Waals surface area contributed by atoms with Gasteiger partial charge in [-0.15, -0.1) is 16.4 Å². The number of aromatic amines is 1. The van der Waals surface area contributed by atoms with E-state index in [0.29, 0.717) is 5.82 Å². The molecule has 67 valence electrons. The first-order valence-electron chi connectivity index (χ1n) is 4.08. The van der Waals surface area contributed by atoms with Crippen LogP contribution in [-0.2, 0) is 0 Å². The molecule has 1 radical (unpaired) electrons. The molecule has 0 amide bonds. The Bertz CT molecular complexity index is 522. The van der Waals surface area contributed by atoms with Gasteiger partial charge in [0.1, 0.15) is 0 Å². The van der Waals surface area contributed by atoms with Crippen LogP contribution in [0, 0.1) is 6.07 Å². The van der Waals surface area contributed by atoms with Gasteiger partial charge in [0, 0.05) is 16.2 Å². The van der Waals surface area contributed by atoms with Gasteiger partial charge < -0.3 is 0 Å². The second-order valence-corrected chi connectivity index (χ2v) is 3.85. The van der Waals surface area contributed by atoms with E-state index < -0.39 is 0 Å². The fraction of sp³-hybridized carbons (Fsp3) is 0. The van der Waals surface area contributed by atoms with Crippen molar-refractivity contribution in [3.05, 3.63) is 30.3 Å². The summed E-state index contributed by atoms with van der Waals surface area (Å²) in [7, 11) is 0. The molecule has 4 nitrogen and oxygen atoms in total. The maximum atomic E-state index is 3.84. The zero-order valence-electron chi connectivity index (χ0n) is 7.06. The number of benzene rings is 1. The summed E-state index contributed by atoms with van der Waals surface area (Å²) in [5.41, 5.74) is 0. The summed E-state index contributed by atoms with van der Waals surface area (Å²) in [6, 6.07) is 11.3. The van der Waals surface area contributed by atoms with E-state index in [0.717, 1.165) is 10.3 Å². The highest BCUT2D eigenvalue weighted by atomic mass is 32.1. The number of tetrazole rings is 1. The summed E-state index contributed by atoms with van der Waals surface area (Å²) >= 11 is 1.63. The standard InChI is InChI=1S/C9H5N4S/c1-2-4-7-6(3-1)5-8(14-7)9-10-12-13-11-9/h1-4H,(H,10,11,12,13). The Labute approximate surface area is 83.6 Å². The third-order valence-electron chi connectivity index (χ3n) is 1.91. The second kappa shape index (κ2) is 2.88. The number of nitrogens with one attached hydrogen (secondary N) is 1. The first-order valence-corrected chi connectivity index (χ1v) is 4.90. The summed E-state index contributed by atoms with van der Waals surface area (Å²) in [6.45, 7) is 0. The fourth-order valence-electron chi connectivity index (χ4n) is 1.28. The van der Waals surface area contributed by atoms with Crippen molar-refractivity contribution in [1.82, 2.24) is 20.6 Å². The normalized spacial score (nSPS) is 10.9. The molecule has 0 bridgehead atoms. The highest BCUT2D eigenvalue weighted by Crippen LogP contribution is 2.29. The van der Waals surface area contributed by atoms with Gasteiger partial charge in [0.05, 0.1) is 4.88 Å². The van der Waals surface area contributed by atoms with Crippen molar-refractivity contribution in [3.63, 3.8) is 0 Å². The predicted molar refractivity (Wildman–Crippen MR) is 53.8 cm³/mol. The van der Waals surface area contributed by atoms with Crippen molar-refractivity contribution in [2.24, 2.45) is 0 Å². The quantitative estimate of drug-likeness (QED) is 0.654. The molecule has 1 aromatic carbocycles. The molecule has 2 aromatic heterocycles. The van der Waals surface area contributed by atoms with Crippen LogP contribution in [0.15, 0.2) is 24.3 Å². The lowest BCUT2D eigenvalue weighted by Gasteiger charge is -1.82. The van der Waals surface area contributed by atoms with Gasteiger partial charge >= 0.3 is 0 Å². The average Bonchev–Trinajstić information content (AvgIpc) is 2.86. The molecular weight excluding hydrogens is 196 g/mol. The molecule has 0 saturated heterocycles. The largest absolute Gasteiger partial charge is 0.238 e. The Balaban J connectivity index is 2.24. The van der Waals surface area contributed by atoms with Crippen LogP contribution in [0.2, 0.25) is 0 Å². The van der Waals surface area contributed by atoms with Crippen LogP contribution in [-0.4, -0.2) is 20.6 Å². The molecule has 2 heterocycles. The number of aromatic nitrogens is 4. The van der Waals surface area contributed by atoms with Crippen LogP contribution in [0.3, 0.4) is 0 Å². The van der Waals surface area contributed by atoms with E-state index in [2.05, 4.69) is 32.8 Å². The Hall–Kier alpha value is -1.75. The lowest BCUT2D eigenvalue weighted by atomic mass is 10.2. The van der Waals surface area contributed by atoms with Gasteiger partial charge in [-0.25, -0.2) is 5.10 Å². The lowest BCUT2D eigenvalue weighted by molar-refractivity contribution is 0.881. The number of H-pyrrole nitrogens is 1. The summed E-state index contributed by atoms with van der Waals surface area (Å²) < 4.78 is 1.19. The molecule has 0 aliphatic rings. The lowest BCUT2D eigenvalue weighted by Crippen LogP contribution is -1.73. The molecule has 0 spiro atoms. The third kappa shape index (κ3) is 1.10. The van der Waals surface area contributed by atoms with Gasteiger partial charge in [-0.1, -0.05) is 18.2 Å². The van der Waals surface area contributed by atoms with Crippen molar-refractivity contribution >= 4 is 21.4 Å².